The molecule has 11 nitrogen and oxygen atoms in total. The van der Waals surface area contributed by atoms with Gasteiger partial charge in [-0.05, 0) is 73.5 Å². The monoisotopic (exact) mass is 487 g/mol. The second kappa shape index (κ2) is 11.8. The standard InChI is InChI=1S/C24H37N7O4/c1-34-21-12-19(20(31(32)33)13-22(21)35-2)23(26-15-17-8-6-7-16(11-17)14-25)24-27-28-29-30(24)18-9-4-3-5-10-18/h12-13,16-18,23,26H,3-11,14-15,25H2,1-2H3. The predicted octanol–water partition coefficient (Wildman–Crippen LogP) is 3.55. The Kier molecular flexibility index (Phi) is 8.50. The van der Waals surface area contributed by atoms with E-state index in [1.54, 1.807) is 6.07 Å². The van der Waals surface area contributed by atoms with Gasteiger partial charge in [0.2, 0.25) is 0 Å². The maximum Gasteiger partial charge on any atom is 0.278 e. The number of rotatable bonds is 10. The highest BCUT2D eigenvalue weighted by molar-refractivity contribution is 5.56. The lowest BCUT2D eigenvalue weighted by molar-refractivity contribution is -0.385. The van der Waals surface area contributed by atoms with Crippen molar-refractivity contribution in [3.05, 3.63) is 33.6 Å². The zero-order valence-corrected chi connectivity index (χ0v) is 20.7. The van der Waals surface area contributed by atoms with Crippen LogP contribution in [0.3, 0.4) is 0 Å². The van der Waals surface area contributed by atoms with Gasteiger partial charge in [-0.15, -0.1) is 5.10 Å². The van der Waals surface area contributed by atoms with Crippen LogP contribution in [0.25, 0.3) is 0 Å². The Balaban J connectivity index is 1.73. The first-order valence-corrected chi connectivity index (χ1v) is 12.7. The lowest BCUT2D eigenvalue weighted by Gasteiger charge is -2.30. The summed E-state index contributed by atoms with van der Waals surface area (Å²) in [6.07, 6.45) is 9.94. The van der Waals surface area contributed by atoms with Gasteiger partial charge in [-0.3, -0.25) is 10.1 Å². The van der Waals surface area contributed by atoms with Crippen LogP contribution in [0, 0.1) is 22.0 Å². The van der Waals surface area contributed by atoms with Crippen LogP contribution in [0.5, 0.6) is 11.5 Å². The van der Waals surface area contributed by atoms with Crippen LogP contribution in [0.2, 0.25) is 0 Å². The summed E-state index contributed by atoms with van der Waals surface area (Å²) in [6, 6.07) is 2.72. The van der Waals surface area contributed by atoms with Crippen molar-refractivity contribution in [2.75, 3.05) is 27.3 Å². The van der Waals surface area contributed by atoms with Gasteiger partial charge in [-0.1, -0.05) is 25.7 Å². The summed E-state index contributed by atoms with van der Waals surface area (Å²) >= 11 is 0. The van der Waals surface area contributed by atoms with Crippen LogP contribution < -0.4 is 20.5 Å². The van der Waals surface area contributed by atoms with Gasteiger partial charge in [0, 0.05) is 0 Å². The number of nitrogens with one attached hydrogen (secondary N) is 1. The number of methoxy groups -OCH3 is 2. The molecule has 1 heterocycles. The van der Waals surface area contributed by atoms with E-state index in [0.717, 1.165) is 51.4 Å². The smallest absolute Gasteiger partial charge is 0.278 e. The van der Waals surface area contributed by atoms with Crippen molar-refractivity contribution in [2.45, 2.75) is 69.9 Å². The van der Waals surface area contributed by atoms with Crippen LogP contribution in [0.15, 0.2) is 12.1 Å². The Labute approximate surface area is 205 Å². The number of ether oxygens (including phenoxy) is 2. The van der Waals surface area contributed by atoms with E-state index < -0.39 is 6.04 Å². The fourth-order valence-corrected chi connectivity index (χ4v) is 5.68. The number of nitrogens with zero attached hydrogens (tertiary/aromatic N) is 5. The molecule has 0 bridgehead atoms. The SMILES string of the molecule is COc1cc(C(NCC2CCCC(CN)C2)c2nnnn2C2CCCCC2)c([N+](=O)[O-])cc1OC. The van der Waals surface area contributed by atoms with E-state index in [1.165, 1.54) is 26.7 Å². The number of nitro groups is 1. The number of tetrazole rings is 1. The number of nitrogens with two attached hydrogens (primary N) is 1. The molecule has 2 aromatic rings. The fourth-order valence-electron chi connectivity index (χ4n) is 5.68. The first kappa shape index (κ1) is 25.3. The Morgan fingerprint density at radius 3 is 2.51 bits per heavy atom. The highest BCUT2D eigenvalue weighted by Gasteiger charge is 2.33. The van der Waals surface area contributed by atoms with Crippen LogP contribution in [-0.4, -0.2) is 52.4 Å². The molecule has 1 aromatic heterocycles. The molecule has 0 amide bonds. The van der Waals surface area contributed by atoms with E-state index >= 15 is 0 Å². The molecule has 192 valence electrons. The molecule has 2 saturated carbocycles. The molecule has 0 saturated heterocycles. The third kappa shape index (κ3) is 5.72. The Morgan fingerprint density at radius 1 is 1.11 bits per heavy atom. The minimum absolute atomic E-state index is 0.0539. The van der Waals surface area contributed by atoms with Gasteiger partial charge < -0.3 is 20.5 Å². The molecule has 1 aromatic carbocycles. The maximum atomic E-state index is 12.1. The molecule has 4 rings (SSSR count). The predicted molar refractivity (Wildman–Crippen MR) is 130 cm³/mol. The summed E-state index contributed by atoms with van der Waals surface area (Å²) in [4.78, 5) is 11.8. The van der Waals surface area contributed by atoms with Crippen LogP contribution in [0.1, 0.15) is 81.3 Å². The summed E-state index contributed by atoms with van der Waals surface area (Å²) < 4.78 is 12.7. The molecule has 3 N–H and O–H groups in total. The average Bonchev–Trinajstić information content (AvgIpc) is 3.38. The minimum atomic E-state index is -0.564. The molecular weight excluding hydrogens is 450 g/mol. The van der Waals surface area contributed by atoms with Gasteiger partial charge in [0.25, 0.3) is 5.69 Å². The molecule has 2 fully saturated rings. The largest absolute Gasteiger partial charge is 0.493 e. The normalized spacial score (nSPS) is 22.0. The molecular formula is C24H37N7O4. The van der Waals surface area contributed by atoms with Crippen LogP contribution in [0.4, 0.5) is 5.69 Å². The zero-order chi connectivity index (χ0) is 24.8. The lowest BCUT2D eigenvalue weighted by Crippen LogP contribution is -2.34. The molecule has 35 heavy (non-hydrogen) atoms. The maximum absolute atomic E-state index is 12.1. The van der Waals surface area contributed by atoms with Gasteiger partial charge >= 0.3 is 0 Å². The summed E-state index contributed by atoms with van der Waals surface area (Å²) in [5.41, 5.74) is 6.36. The number of benzene rings is 1. The van der Waals surface area contributed by atoms with Crippen molar-refractivity contribution < 1.29 is 14.4 Å². The molecule has 3 atom stereocenters. The fraction of sp³-hybridized carbons (Fsp3) is 0.708. The lowest BCUT2D eigenvalue weighted by atomic mass is 9.81. The Morgan fingerprint density at radius 2 is 1.83 bits per heavy atom. The van der Waals surface area contributed by atoms with Crippen molar-refractivity contribution >= 4 is 5.69 Å². The molecule has 0 radical (unpaired) electrons. The van der Waals surface area contributed by atoms with Crippen molar-refractivity contribution in [3.63, 3.8) is 0 Å². The molecule has 0 spiro atoms. The molecule has 11 heteroatoms. The average molecular weight is 488 g/mol. The Hall–Kier alpha value is -2.79. The van der Waals surface area contributed by atoms with Crippen molar-refractivity contribution in [1.82, 2.24) is 25.5 Å². The quantitative estimate of drug-likeness (QED) is 0.380. The van der Waals surface area contributed by atoms with Crippen LogP contribution >= 0.6 is 0 Å². The second-order valence-electron chi connectivity index (χ2n) is 9.77. The van der Waals surface area contributed by atoms with E-state index in [0.29, 0.717) is 47.8 Å². The summed E-state index contributed by atoms with van der Waals surface area (Å²) in [6.45, 7) is 1.39. The number of hydrogen-bond acceptors (Lipinski definition) is 9. The van der Waals surface area contributed by atoms with E-state index in [1.807, 2.05) is 4.68 Å². The third-order valence-electron chi connectivity index (χ3n) is 7.57. The number of aromatic nitrogens is 4. The van der Waals surface area contributed by atoms with E-state index in [4.69, 9.17) is 15.2 Å². The van der Waals surface area contributed by atoms with E-state index in [2.05, 4.69) is 20.8 Å². The molecule has 0 aliphatic heterocycles. The first-order chi connectivity index (χ1) is 17.0. The first-order valence-electron chi connectivity index (χ1n) is 12.7. The van der Waals surface area contributed by atoms with Gasteiger partial charge in [-0.25, -0.2) is 4.68 Å². The topological polar surface area (TPSA) is 143 Å². The van der Waals surface area contributed by atoms with Crippen molar-refractivity contribution in [1.29, 1.82) is 0 Å². The highest BCUT2D eigenvalue weighted by Crippen LogP contribution is 2.40. The van der Waals surface area contributed by atoms with E-state index in [-0.39, 0.29) is 16.7 Å². The third-order valence-corrected chi connectivity index (χ3v) is 7.57. The number of hydrogen-bond donors (Lipinski definition) is 2. The molecule has 2 aliphatic carbocycles. The summed E-state index contributed by atoms with van der Waals surface area (Å²) in [5.74, 6) is 2.30. The van der Waals surface area contributed by atoms with Crippen LogP contribution in [-0.2, 0) is 0 Å². The van der Waals surface area contributed by atoms with Gasteiger partial charge in [0.05, 0.1) is 36.8 Å². The van der Waals surface area contributed by atoms with Gasteiger partial charge in [0.1, 0.15) is 6.04 Å². The van der Waals surface area contributed by atoms with Gasteiger partial charge in [-0.2, -0.15) is 0 Å². The molecule has 2 aliphatic rings. The Bertz CT molecular complexity index is 992. The molecule has 3 unspecified atom stereocenters. The second-order valence-corrected chi connectivity index (χ2v) is 9.77. The highest BCUT2D eigenvalue weighted by atomic mass is 16.6. The number of nitro benzene ring substituents is 1. The zero-order valence-electron chi connectivity index (χ0n) is 20.7. The van der Waals surface area contributed by atoms with Crippen molar-refractivity contribution in [3.8, 4) is 11.5 Å². The van der Waals surface area contributed by atoms with Gasteiger partial charge in [0.15, 0.2) is 17.3 Å². The summed E-state index contributed by atoms with van der Waals surface area (Å²) in [7, 11) is 2.99. The summed E-state index contributed by atoms with van der Waals surface area (Å²) in [5, 5.41) is 28.5. The minimum Gasteiger partial charge on any atom is -0.493 e. The van der Waals surface area contributed by atoms with Crippen molar-refractivity contribution in [2.24, 2.45) is 17.6 Å². The van der Waals surface area contributed by atoms with E-state index in [9.17, 15) is 10.1 Å².